The van der Waals surface area contributed by atoms with Gasteiger partial charge in [-0.3, -0.25) is 10.1 Å². The average Bonchev–Trinajstić information content (AvgIpc) is 3.29. The largest absolute Gasteiger partial charge is 0.470 e. The van der Waals surface area contributed by atoms with Crippen LogP contribution in [0.2, 0.25) is 0 Å². The molecule has 1 N–H and O–H groups in total. The first-order valence-electron chi connectivity index (χ1n) is 10.3. The normalized spacial score (nSPS) is 13.1. The van der Waals surface area contributed by atoms with E-state index in [1.54, 1.807) is 5.38 Å². The number of anilines is 1. The third-order valence-corrected chi connectivity index (χ3v) is 7.16. The summed E-state index contributed by atoms with van der Waals surface area (Å²) in [5.41, 5.74) is -0.0256. The first kappa shape index (κ1) is 24.5. The van der Waals surface area contributed by atoms with Crippen LogP contribution in [0.25, 0.3) is 11.3 Å². The Balaban J connectivity index is 1.69. The predicted molar refractivity (Wildman–Crippen MR) is 130 cm³/mol. The zero-order chi connectivity index (χ0) is 25.2. The van der Waals surface area contributed by atoms with E-state index in [-0.39, 0.29) is 21.3 Å². The number of hydrogen-bond acceptors (Lipinski definition) is 6. The van der Waals surface area contributed by atoms with Crippen LogP contribution >= 0.6 is 11.3 Å². The molecule has 180 valence electrons. The van der Waals surface area contributed by atoms with Gasteiger partial charge in [0.05, 0.1) is 10.6 Å². The number of hydrogen-bond donors (Lipinski definition) is 1. The van der Waals surface area contributed by atoms with Crippen LogP contribution < -0.4 is 10.1 Å². The van der Waals surface area contributed by atoms with E-state index in [2.05, 4.69) is 10.3 Å². The molecule has 0 saturated heterocycles. The number of nitrogens with zero attached hydrogens (tertiary/aromatic N) is 1. The zero-order valence-corrected chi connectivity index (χ0v) is 20.3. The van der Waals surface area contributed by atoms with Crippen LogP contribution in [0.4, 0.5) is 13.9 Å². The topological polar surface area (TPSA) is 85.4 Å². The third kappa shape index (κ3) is 5.39. The van der Waals surface area contributed by atoms with Crippen LogP contribution in [0.15, 0.2) is 83.1 Å². The van der Waals surface area contributed by atoms with Crippen LogP contribution in [0, 0.1) is 11.6 Å². The van der Waals surface area contributed by atoms with Gasteiger partial charge in [-0.1, -0.05) is 42.5 Å². The van der Waals surface area contributed by atoms with E-state index in [4.69, 9.17) is 4.74 Å². The van der Waals surface area contributed by atoms with Crippen molar-refractivity contribution in [2.75, 3.05) is 11.6 Å². The molecule has 4 aromatic rings. The highest BCUT2D eigenvalue weighted by atomic mass is 32.2. The molecule has 1 unspecified atom stereocenters. The average molecular weight is 515 g/mol. The summed E-state index contributed by atoms with van der Waals surface area (Å²) in [5, 5.41) is 4.77. The van der Waals surface area contributed by atoms with Crippen LogP contribution in [0.3, 0.4) is 0 Å². The van der Waals surface area contributed by atoms with Crippen molar-refractivity contribution in [3.05, 3.63) is 95.4 Å². The predicted octanol–water partition coefficient (Wildman–Crippen LogP) is 5.42. The number of rotatable bonds is 7. The molecule has 1 amide bonds. The van der Waals surface area contributed by atoms with E-state index in [1.807, 2.05) is 30.3 Å². The number of amides is 1. The van der Waals surface area contributed by atoms with Gasteiger partial charge in [-0.25, -0.2) is 22.2 Å². The summed E-state index contributed by atoms with van der Waals surface area (Å²) in [4.78, 5) is 17.9. The number of halogens is 2. The quantitative estimate of drug-likeness (QED) is 0.356. The van der Waals surface area contributed by atoms with Crippen molar-refractivity contribution in [3.8, 4) is 17.0 Å². The number of carbonyl (C=O) groups is 1. The fourth-order valence-electron chi connectivity index (χ4n) is 3.32. The minimum Gasteiger partial charge on any atom is -0.470 e. The third-order valence-electron chi connectivity index (χ3n) is 5.27. The maximum Gasteiger partial charge on any atom is 0.274 e. The summed E-state index contributed by atoms with van der Waals surface area (Å²) >= 11 is 1.20. The molecule has 35 heavy (non-hydrogen) atoms. The molecule has 3 aromatic carbocycles. The fourth-order valence-corrected chi connectivity index (χ4v) is 4.67. The van der Waals surface area contributed by atoms with Crippen LogP contribution in [-0.4, -0.2) is 25.6 Å². The van der Waals surface area contributed by atoms with Crippen molar-refractivity contribution in [1.29, 1.82) is 0 Å². The number of sulfone groups is 1. The Bertz CT molecular complexity index is 1470. The van der Waals surface area contributed by atoms with Crippen LogP contribution in [0.5, 0.6) is 5.75 Å². The lowest BCUT2D eigenvalue weighted by molar-refractivity contribution is -0.130. The molecular formula is C25H20F2N2O4S2. The minimum atomic E-state index is -3.48. The molecule has 0 aliphatic carbocycles. The second-order valence-corrected chi connectivity index (χ2v) is 10.7. The van der Waals surface area contributed by atoms with Crippen molar-refractivity contribution in [1.82, 2.24) is 4.98 Å². The summed E-state index contributed by atoms with van der Waals surface area (Å²) in [6.07, 6.45) is 1.06. The van der Waals surface area contributed by atoms with Crippen molar-refractivity contribution in [2.45, 2.75) is 17.4 Å². The van der Waals surface area contributed by atoms with E-state index in [1.165, 1.54) is 42.5 Å². The highest BCUT2D eigenvalue weighted by molar-refractivity contribution is 7.90. The van der Waals surface area contributed by atoms with E-state index in [0.29, 0.717) is 11.8 Å². The molecule has 1 atom stereocenters. The molecule has 0 spiro atoms. The first-order chi connectivity index (χ1) is 16.6. The van der Waals surface area contributed by atoms with Crippen molar-refractivity contribution in [2.24, 2.45) is 0 Å². The van der Waals surface area contributed by atoms with E-state index in [0.717, 1.165) is 24.0 Å². The first-order valence-corrected chi connectivity index (χ1v) is 13.1. The molecule has 0 fully saturated rings. The summed E-state index contributed by atoms with van der Waals surface area (Å²) in [7, 11) is -3.48. The Morgan fingerprint density at radius 3 is 2.34 bits per heavy atom. The van der Waals surface area contributed by atoms with Crippen molar-refractivity contribution in [3.63, 3.8) is 0 Å². The molecule has 6 nitrogen and oxygen atoms in total. The van der Waals surface area contributed by atoms with Crippen LogP contribution in [0.1, 0.15) is 12.5 Å². The number of nitrogens with one attached hydrogen (secondary N) is 1. The molecule has 0 radical (unpaired) electrons. The number of aromatic nitrogens is 1. The van der Waals surface area contributed by atoms with Gasteiger partial charge in [-0.15, -0.1) is 11.3 Å². The van der Waals surface area contributed by atoms with Gasteiger partial charge >= 0.3 is 0 Å². The molecule has 0 saturated carbocycles. The molecule has 0 aliphatic heterocycles. The van der Waals surface area contributed by atoms with E-state index >= 15 is 0 Å². The SMILES string of the molecule is CC(Oc1ccc(F)cc1F)(C(=O)Nc1nc(-c2ccccc2)cs1)c1ccc(S(C)(=O)=O)cc1. The molecule has 10 heteroatoms. The molecule has 0 aliphatic rings. The van der Waals surface area contributed by atoms with Crippen molar-refractivity contribution < 1.29 is 26.7 Å². The second kappa shape index (κ2) is 9.55. The van der Waals surface area contributed by atoms with Gasteiger partial charge in [0.15, 0.2) is 26.5 Å². The molecule has 0 bridgehead atoms. The maximum absolute atomic E-state index is 14.4. The number of ether oxygens (including phenoxy) is 1. The van der Waals surface area contributed by atoms with Gasteiger partial charge in [0.2, 0.25) is 5.60 Å². The Morgan fingerprint density at radius 2 is 1.71 bits per heavy atom. The van der Waals surface area contributed by atoms with Gasteiger partial charge < -0.3 is 4.74 Å². The monoisotopic (exact) mass is 514 g/mol. The maximum atomic E-state index is 14.4. The number of carbonyl (C=O) groups excluding carboxylic acids is 1. The van der Waals surface area contributed by atoms with Gasteiger partial charge in [-0.05, 0) is 31.2 Å². The lowest BCUT2D eigenvalue weighted by Crippen LogP contribution is -2.43. The summed E-state index contributed by atoms with van der Waals surface area (Å²) in [5.74, 6) is -2.81. The second-order valence-electron chi connectivity index (χ2n) is 7.86. The zero-order valence-electron chi connectivity index (χ0n) is 18.7. The Morgan fingerprint density at radius 1 is 1.03 bits per heavy atom. The molecular weight excluding hydrogens is 494 g/mol. The van der Waals surface area contributed by atoms with Crippen LogP contribution in [-0.2, 0) is 20.2 Å². The molecule has 4 rings (SSSR count). The van der Waals surface area contributed by atoms with Gasteiger partial charge in [-0.2, -0.15) is 0 Å². The van der Waals surface area contributed by atoms with Crippen molar-refractivity contribution >= 4 is 32.2 Å². The Hall–Kier alpha value is -3.63. The number of benzene rings is 3. The minimum absolute atomic E-state index is 0.0457. The smallest absolute Gasteiger partial charge is 0.274 e. The highest BCUT2D eigenvalue weighted by Gasteiger charge is 2.39. The highest BCUT2D eigenvalue weighted by Crippen LogP contribution is 2.33. The number of thiazole rings is 1. The van der Waals surface area contributed by atoms with E-state index < -0.39 is 33.0 Å². The molecule has 1 aromatic heterocycles. The summed E-state index contributed by atoms with van der Waals surface area (Å²) in [6.45, 7) is 1.41. The summed E-state index contributed by atoms with van der Waals surface area (Å²) < 4.78 is 57.3. The lowest BCUT2D eigenvalue weighted by Gasteiger charge is -2.30. The Kier molecular flexibility index (Phi) is 6.68. The molecule has 1 heterocycles. The lowest BCUT2D eigenvalue weighted by atomic mass is 9.94. The Labute approximate surface area is 205 Å². The van der Waals surface area contributed by atoms with E-state index in [9.17, 15) is 22.0 Å². The van der Waals surface area contributed by atoms with Gasteiger partial charge in [0.25, 0.3) is 5.91 Å². The van der Waals surface area contributed by atoms with Gasteiger partial charge in [0, 0.05) is 28.8 Å². The fraction of sp³-hybridized carbons (Fsp3) is 0.120. The standard InChI is InChI=1S/C25H20F2N2O4S2/c1-25(33-22-13-10-18(26)14-20(22)27,17-8-11-19(12-9-17)35(2,31)32)23(30)29-24-28-21(15-34-24)16-6-4-3-5-7-16/h3-15H,1-2H3,(H,28,29,30). The summed E-state index contributed by atoms with van der Waals surface area (Å²) in [6, 6.07) is 17.6. The van der Waals surface area contributed by atoms with Gasteiger partial charge in [0.1, 0.15) is 5.82 Å².